The number of aliphatic hydroxyl groups is 1. The van der Waals surface area contributed by atoms with Gasteiger partial charge in [0.05, 0.1) is 29.2 Å². The third-order valence-electron chi connectivity index (χ3n) is 6.23. The number of nitrogens with zero attached hydrogens (tertiary/aromatic N) is 3. The molecule has 0 saturated carbocycles. The van der Waals surface area contributed by atoms with Gasteiger partial charge in [-0.15, -0.1) is 4.98 Å². The molecule has 3 aliphatic heterocycles. The molecule has 1 aromatic heterocycles. The molecule has 2 amide bonds. The summed E-state index contributed by atoms with van der Waals surface area (Å²) in [6.45, 7) is 14.2. The Kier molecular flexibility index (Phi) is 3.01. The second-order valence-electron chi connectivity index (χ2n) is 7.61. The lowest BCUT2D eigenvalue weighted by molar-refractivity contribution is -0.132. The first-order chi connectivity index (χ1) is 11.7. The van der Waals surface area contributed by atoms with Crippen molar-refractivity contribution < 1.29 is 19.4 Å². The van der Waals surface area contributed by atoms with Crippen LogP contribution in [-0.2, 0) is 14.3 Å². The molecule has 0 spiro atoms. The molecule has 3 fully saturated rings. The Bertz CT molecular complexity index is 876. The fourth-order valence-corrected chi connectivity index (χ4v) is 4.77. The molecule has 0 aromatic carbocycles. The number of carbonyl (C=O) groups excluding carboxylic acids is 2. The number of rotatable bonds is 1. The van der Waals surface area contributed by atoms with Crippen LogP contribution in [0, 0.1) is 32.3 Å². The van der Waals surface area contributed by atoms with E-state index in [1.165, 1.54) is 11.1 Å². The first kappa shape index (κ1) is 16.2. The van der Waals surface area contributed by atoms with Crippen molar-refractivity contribution in [2.75, 3.05) is 4.90 Å². The summed E-state index contributed by atoms with van der Waals surface area (Å²) in [5.74, 6) is -1.71. The predicted molar refractivity (Wildman–Crippen MR) is 88.0 cm³/mol. The zero-order valence-electron chi connectivity index (χ0n) is 14.5. The number of aromatic nitrogens is 1. The molecule has 130 valence electrons. The summed E-state index contributed by atoms with van der Waals surface area (Å²) in [7, 11) is 0. The van der Waals surface area contributed by atoms with Crippen molar-refractivity contribution in [1.29, 1.82) is 0 Å². The molecule has 2 unspecified atom stereocenters. The standard InChI is InChI=1S/C18H19N3O4/c1-8-9(2)14(19-5)20-7-10(8)21-15(23)12-13(16(21)24)18(4)11(22)6-17(12,3)25-18/h7,11-13,22H,6H2,1-4H3/t11-,12+,13-,17?,18?/m1/s1. The summed E-state index contributed by atoms with van der Waals surface area (Å²) in [6.07, 6.45) is 0.974. The lowest BCUT2D eigenvalue weighted by Crippen LogP contribution is -2.49. The summed E-state index contributed by atoms with van der Waals surface area (Å²) < 4.78 is 5.97. The van der Waals surface area contributed by atoms with Crippen molar-refractivity contribution >= 4 is 23.3 Å². The molecule has 3 aliphatic rings. The normalized spacial score (nSPS) is 39.0. The summed E-state index contributed by atoms with van der Waals surface area (Å²) in [5, 5.41) is 10.4. The lowest BCUT2D eigenvalue weighted by atomic mass is 9.67. The molecule has 2 bridgehead atoms. The summed E-state index contributed by atoms with van der Waals surface area (Å²) in [4.78, 5) is 34.9. The Hall–Kier alpha value is -2.30. The average molecular weight is 341 g/mol. The molecular weight excluding hydrogens is 322 g/mol. The molecule has 7 heteroatoms. The maximum atomic E-state index is 13.1. The van der Waals surface area contributed by atoms with E-state index in [1.807, 2.05) is 0 Å². The van der Waals surface area contributed by atoms with Crippen LogP contribution in [0.15, 0.2) is 6.20 Å². The molecule has 0 radical (unpaired) electrons. The molecule has 1 aromatic rings. The number of aliphatic hydroxyl groups excluding tert-OH is 1. The van der Waals surface area contributed by atoms with Crippen molar-refractivity contribution in [2.24, 2.45) is 11.8 Å². The van der Waals surface area contributed by atoms with E-state index in [1.54, 1.807) is 27.7 Å². The SMILES string of the molecule is [C-]#[N+]c1ncc(N2C(=O)[C@@H]3[C@H](C2=O)C2(C)OC3(C)C[C@H]2O)c(C)c1C. The number of imide groups is 1. The number of carbonyl (C=O) groups is 2. The van der Waals surface area contributed by atoms with Crippen molar-refractivity contribution in [3.05, 3.63) is 28.7 Å². The van der Waals surface area contributed by atoms with Gasteiger partial charge in [0, 0.05) is 6.42 Å². The van der Waals surface area contributed by atoms with Crippen molar-refractivity contribution in [2.45, 2.75) is 51.4 Å². The number of anilines is 1. The van der Waals surface area contributed by atoms with Gasteiger partial charge in [0.25, 0.3) is 5.82 Å². The Morgan fingerprint density at radius 3 is 2.56 bits per heavy atom. The maximum Gasteiger partial charge on any atom is 0.272 e. The molecule has 25 heavy (non-hydrogen) atoms. The van der Waals surface area contributed by atoms with Gasteiger partial charge in [-0.05, 0) is 38.8 Å². The Labute approximate surface area is 145 Å². The summed E-state index contributed by atoms with van der Waals surface area (Å²) in [5.41, 5.74) is -0.134. The smallest absolute Gasteiger partial charge is 0.272 e. The molecule has 5 atom stereocenters. The third kappa shape index (κ3) is 1.73. The predicted octanol–water partition coefficient (Wildman–Crippen LogP) is 1.67. The molecule has 4 rings (SSSR count). The average Bonchev–Trinajstić information content (AvgIpc) is 3.05. The van der Waals surface area contributed by atoms with Gasteiger partial charge in [0.15, 0.2) is 0 Å². The van der Waals surface area contributed by atoms with Gasteiger partial charge < -0.3 is 14.7 Å². The number of ether oxygens (including phenoxy) is 1. The van der Waals surface area contributed by atoms with Crippen LogP contribution in [0.4, 0.5) is 11.5 Å². The van der Waals surface area contributed by atoms with Crippen LogP contribution in [0.2, 0.25) is 0 Å². The van der Waals surface area contributed by atoms with E-state index >= 15 is 0 Å². The van der Waals surface area contributed by atoms with E-state index in [9.17, 15) is 14.7 Å². The number of fused-ring (bicyclic) bond motifs is 5. The monoisotopic (exact) mass is 341 g/mol. The van der Waals surface area contributed by atoms with E-state index in [4.69, 9.17) is 11.3 Å². The number of amides is 2. The Morgan fingerprint density at radius 2 is 1.92 bits per heavy atom. The highest BCUT2D eigenvalue weighted by molar-refractivity contribution is 6.23. The van der Waals surface area contributed by atoms with Crippen molar-refractivity contribution in [3.8, 4) is 0 Å². The molecule has 0 aliphatic carbocycles. The first-order valence-corrected chi connectivity index (χ1v) is 8.25. The van der Waals surface area contributed by atoms with Gasteiger partial charge in [0.2, 0.25) is 11.8 Å². The third-order valence-corrected chi connectivity index (χ3v) is 6.23. The van der Waals surface area contributed by atoms with Gasteiger partial charge in [-0.2, -0.15) is 0 Å². The summed E-state index contributed by atoms with van der Waals surface area (Å²) in [6, 6.07) is 0. The molecule has 1 N–H and O–H groups in total. The first-order valence-electron chi connectivity index (χ1n) is 8.25. The van der Waals surface area contributed by atoms with Crippen LogP contribution in [-0.4, -0.2) is 39.2 Å². The fourth-order valence-electron chi connectivity index (χ4n) is 4.77. The quantitative estimate of drug-likeness (QED) is 0.620. The van der Waals surface area contributed by atoms with E-state index in [-0.39, 0.29) is 17.6 Å². The van der Waals surface area contributed by atoms with Crippen molar-refractivity contribution in [1.82, 2.24) is 4.98 Å². The molecule has 7 nitrogen and oxygen atoms in total. The van der Waals surface area contributed by atoms with Crippen LogP contribution < -0.4 is 4.90 Å². The minimum Gasteiger partial charge on any atom is -0.390 e. The highest BCUT2D eigenvalue weighted by Crippen LogP contribution is 2.61. The van der Waals surface area contributed by atoms with Crippen LogP contribution in [0.3, 0.4) is 0 Å². The lowest BCUT2D eigenvalue weighted by Gasteiger charge is -2.31. The van der Waals surface area contributed by atoms with Crippen LogP contribution in [0.25, 0.3) is 4.85 Å². The molecular formula is C18H19N3O4. The van der Waals surface area contributed by atoms with Gasteiger partial charge in [-0.3, -0.25) is 9.59 Å². The number of hydrogen-bond acceptors (Lipinski definition) is 5. The molecule has 3 saturated heterocycles. The maximum absolute atomic E-state index is 13.1. The zero-order chi connectivity index (χ0) is 18.3. The molecule has 4 heterocycles. The van der Waals surface area contributed by atoms with Gasteiger partial charge in [-0.1, -0.05) is 6.57 Å². The second kappa shape index (κ2) is 4.65. The topological polar surface area (TPSA) is 84.1 Å². The van der Waals surface area contributed by atoms with E-state index < -0.39 is 29.1 Å². The Morgan fingerprint density at radius 1 is 1.28 bits per heavy atom. The Balaban J connectivity index is 1.84. The second-order valence-corrected chi connectivity index (χ2v) is 7.61. The van der Waals surface area contributed by atoms with Gasteiger partial charge >= 0.3 is 0 Å². The zero-order valence-corrected chi connectivity index (χ0v) is 14.5. The minimum atomic E-state index is -1.05. The van der Waals surface area contributed by atoms with E-state index in [2.05, 4.69) is 9.83 Å². The number of pyridine rings is 1. The van der Waals surface area contributed by atoms with E-state index in [0.717, 1.165) is 0 Å². The van der Waals surface area contributed by atoms with Gasteiger partial charge in [0.1, 0.15) is 11.8 Å². The highest BCUT2D eigenvalue weighted by Gasteiger charge is 2.75. The van der Waals surface area contributed by atoms with Gasteiger partial charge in [-0.25, -0.2) is 4.90 Å². The van der Waals surface area contributed by atoms with Crippen LogP contribution >= 0.6 is 0 Å². The highest BCUT2D eigenvalue weighted by atomic mass is 16.6. The largest absolute Gasteiger partial charge is 0.390 e. The van der Waals surface area contributed by atoms with E-state index in [0.29, 0.717) is 23.2 Å². The van der Waals surface area contributed by atoms with Crippen molar-refractivity contribution in [3.63, 3.8) is 0 Å². The number of hydrogen-bond donors (Lipinski definition) is 1. The van der Waals surface area contributed by atoms with Crippen LogP contribution in [0.5, 0.6) is 0 Å². The fraction of sp³-hybridized carbons (Fsp3) is 0.556. The van der Waals surface area contributed by atoms with Crippen LogP contribution in [0.1, 0.15) is 31.4 Å². The summed E-state index contributed by atoms with van der Waals surface area (Å²) >= 11 is 0. The minimum absolute atomic E-state index is 0.262.